The van der Waals surface area contributed by atoms with Gasteiger partial charge in [0, 0.05) is 58.7 Å². The number of fused-ring (bicyclic) bond motifs is 4. The first-order valence-corrected chi connectivity index (χ1v) is 18.7. The Morgan fingerprint density at radius 3 is 2.14 bits per heavy atom. The van der Waals surface area contributed by atoms with Crippen molar-refractivity contribution in [1.29, 1.82) is 0 Å². The second-order valence-corrected chi connectivity index (χ2v) is 14.1. The zero-order chi connectivity index (χ0) is 41.2. The molecule has 4 aromatic rings. The monoisotopic (exact) mass is 801 g/mol. The minimum absolute atomic E-state index is 0.0298. The number of hydrogen-bond donors (Lipinski definition) is 3. The zero-order valence-electron chi connectivity index (χ0n) is 32.6. The lowest BCUT2D eigenvalue weighted by atomic mass is 9.88. The van der Waals surface area contributed by atoms with Gasteiger partial charge in [0.2, 0.25) is 0 Å². The van der Waals surface area contributed by atoms with Crippen molar-refractivity contribution in [2.24, 2.45) is 0 Å². The van der Waals surface area contributed by atoms with E-state index in [1.807, 2.05) is 36.4 Å². The van der Waals surface area contributed by atoms with Gasteiger partial charge < -0.3 is 48.6 Å². The maximum absolute atomic E-state index is 11.0. The highest BCUT2D eigenvalue weighted by Crippen LogP contribution is 2.49. The van der Waals surface area contributed by atoms with Crippen LogP contribution in [-0.4, -0.2) is 92.1 Å². The van der Waals surface area contributed by atoms with Crippen LogP contribution in [0.3, 0.4) is 0 Å². The second kappa shape index (κ2) is 19.1. The summed E-state index contributed by atoms with van der Waals surface area (Å²) in [5, 5.41) is 27.4. The van der Waals surface area contributed by atoms with E-state index in [0.29, 0.717) is 58.1 Å². The number of aliphatic carboxylic acids is 2. The van der Waals surface area contributed by atoms with Crippen LogP contribution >= 0.6 is 11.6 Å². The Morgan fingerprint density at radius 1 is 0.895 bits per heavy atom. The summed E-state index contributed by atoms with van der Waals surface area (Å²) >= 11 is 6.07. The lowest BCUT2D eigenvalue weighted by Gasteiger charge is -2.39. The Bertz CT molecular complexity index is 2050. The average Bonchev–Trinajstić information content (AvgIpc) is 3.63. The molecule has 1 fully saturated rings. The third-order valence-electron chi connectivity index (χ3n) is 10.0. The first-order valence-electron chi connectivity index (χ1n) is 18.3. The summed E-state index contributed by atoms with van der Waals surface area (Å²) in [6, 6.07) is 28.1. The molecule has 0 spiro atoms. The van der Waals surface area contributed by atoms with Crippen molar-refractivity contribution in [1.82, 2.24) is 4.90 Å². The van der Waals surface area contributed by atoms with Crippen molar-refractivity contribution in [3.8, 4) is 28.7 Å². The molecule has 3 atom stereocenters. The van der Waals surface area contributed by atoms with E-state index in [1.54, 1.807) is 39.5 Å². The van der Waals surface area contributed by atoms with E-state index in [0.717, 1.165) is 29.2 Å². The Kier molecular flexibility index (Phi) is 14.3. The van der Waals surface area contributed by atoms with Gasteiger partial charge in [-0.2, -0.15) is 0 Å². The smallest absolute Gasteiger partial charge is 0.328 e. The van der Waals surface area contributed by atoms with Crippen LogP contribution in [0.5, 0.6) is 28.7 Å². The fourth-order valence-electron chi connectivity index (χ4n) is 6.86. The topological polar surface area (TPSA) is 153 Å². The van der Waals surface area contributed by atoms with Gasteiger partial charge in [-0.15, -0.1) is 0 Å². The third kappa shape index (κ3) is 10.5. The highest BCUT2D eigenvalue weighted by molar-refractivity contribution is 6.30. The van der Waals surface area contributed by atoms with Crippen molar-refractivity contribution in [3.63, 3.8) is 0 Å². The lowest BCUT2D eigenvalue weighted by molar-refractivity contribution is -0.134. The molecule has 0 bridgehead atoms. The largest absolute Gasteiger partial charge is 0.497 e. The second-order valence-electron chi connectivity index (χ2n) is 13.7. The molecule has 302 valence electrons. The van der Waals surface area contributed by atoms with Crippen LogP contribution in [0.2, 0.25) is 5.02 Å². The molecule has 7 rings (SSSR count). The lowest BCUT2D eigenvalue weighted by Crippen LogP contribution is -2.47. The Labute approximate surface area is 337 Å². The molecule has 0 aliphatic carbocycles. The maximum Gasteiger partial charge on any atom is 0.328 e. The first kappa shape index (κ1) is 42.6. The molecule has 12 nitrogen and oxygen atoms in total. The summed E-state index contributed by atoms with van der Waals surface area (Å²) in [6.45, 7) is 4.09. The Morgan fingerprint density at radius 2 is 1.54 bits per heavy atom. The molecule has 3 unspecified atom stereocenters. The SMILES string of the molecule is CN1CCCC1CCOC(C)(c1ccccc1)c1ccc(Cl)cc1.COc1ccc2c(c1)OC1(O)COc3cc(OC)c(OC)cc3C1=C2.O=C(O)C=CC(=O)O. The third-order valence-corrected chi connectivity index (χ3v) is 10.3. The molecule has 0 saturated carbocycles. The van der Waals surface area contributed by atoms with Gasteiger partial charge >= 0.3 is 11.9 Å². The summed E-state index contributed by atoms with van der Waals surface area (Å²) < 4.78 is 34.0. The normalized spacial score (nSPS) is 18.9. The van der Waals surface area contributed by atoms with Gasteiger partial charge in [-0.1, -0.05) is 54.1 Å². The van der Waals surface area contributed by atoms with Crippen molar-refractivity contribution in [3.05, 3.63) is 124 Å². The summed E-state index contributed by atoms with van der Waals surface area (Å²) in [5.74, 6) is -1.18. The number of carboxylic acid groups (broad SMARTS) is 2. The number of ether oxygens (including phenoxy) is 6. The van der Waals surface area contributed by atoms with E-state index in [9.17, 15) is 14.7 Å². The highest BCUT2D eigenvalue weighted by atomic mass is 35.5. The van der Waals surface area contributed by atoms with Crippen molar-refractivity contribution < 1.29 is 53.3 Å². The van der Waals surface area contributed by atoms with Crippen molar-refractivity contribution in [2.75, 3.05) is 48.1 Å². The van der Waals surface area contributed by atoms with E-state index < -0.39 is 23.3 Å². The molecule has 3 aliphatic rings. The maximum atomic E-state index is 11.0. The summed E-state index contributed by atoms with van der Waals surface area (Å²) in [7, 11) is 6.93. The molecule has 57 heavy (non-hydrogen) atoms. The van der Waals surface area contributed by atoms with Crippen LogP contribution in [0.1, 0.15) is 48.4 Å². The number of halogens is 1. The van der Waals surface area contributed by atoms with Gasteiger partial charge in [-0.25, -0.2) is 9.59 Å². The number of hydrogen-bond acceptors (Lipinski definition) is 10. The van der Waals surface area contributed by atoms with Gasteiger partial charge in [-0.3, -0.25) is 0 Å². The number of aliphatic hydroxyl groups is 1. The average molecular weight is 802 g/mol. The molecule has 3 aliphatic heterocycles. The van der Waals surface area contributed by atoms with Crippen LogP contribution in [0.4, 0.5) is 0 Å². The van der Waals surface area contributed by atoms with E-state index in [2.05, 4.69) is 55.3 Å². The molecule has 4 aromatic carbocycles. The summed E-state index contributed by atoms with van der Waals surface area (Å²) in [4.78, 5) is 21.6. The zero-order valence-corrected chi connectivity index (χ0v) is 33.3. The molecule has 0 amide bonds. The standard InChI is InChI=1S/C21H26ClNO.C19H18O6.C4H4O4/c1-21(17-7-4-3-5-8-17,18-10-12-19(22)13-11-18)24-16-14-20-9-6-15-23(20)2;1-21-12-5-4-11-6-14-13-8-17(22-2)18(23-3)9-16(13)24-10-19(14,20)25-15(11)7-12;5-3(6)1-2-4(7)8/h3-5,7-8,10-13,20H,6,9,14-16H2,1-2H3;4-9,20H,10H2,1-3H3;1-2H,(H,5,6)(H,7,8). The molecule has 0 radical (unpaired) electrons. The fraction of sp³-hybridized carbons (Fsp3) is 0.318. The van der Waals surface area contributed by atoms with Gasteiger partial charge in [0.15, 0.2) is 18.1 Å². The number of methoxy groups -OCH3 is 3. The van der Waals surface area contributed by atoms with Crippen molar-refractivity contribution >= 4 is 35.2 Å². The number of carboxylic acids is 2. The molecule has 13 heteroatoms. The van der Waals surface area contributed by atoms with Gasteiger partial charge in [-0.05, 0) is 87.3 Å². The van der Waals surface area contributed by atoms with Crippen LogP contribution in [0, 0.1) is 0 Å². The van der Waals surface area contributed by atoms with Crippen molar-refractivity contribution in [2.45, 2.75) is 43.6 Å². The molecule has 1 saturated heterocycles. The number of rotatable bonds is 11. The minimum atomic E-state index is -1.58. The fourth-order valence-corrected chi connectivity index (χ4v) is 6.98. The van der Waals surface area contributed by atoms with Crippen LogP contribution in [0.15, 0.2) is 97.1 Å². The van der Waals surface area contributed by atoms with Crippen LogP contribution in [-0.2, 0) is 19.9 Å². The summed E-state index contributed by atoms with van der Waals surface area (Å²) in [6.07, 6.45) is 6.67. The molecular weight excluding hydrogens is 754 g/mol. The first-order chi connectivity index (χ1) is 27.3. The quantitative estimate of drug-likeness (QED) is 0.128. The van der Waals surface area contributed by atoms with E-state index in [1.165, 1.54) is 24.9 Å². The molecule has 3 N–H and O–H groups in total. The Hall–Kier alpha value is -5.53. The molecular formula is C44H48ClNO11. The molecule has 0 aromatic heterocycles. The Balaban J connectivity index is 0.000000184. The van der Waals surface area contributed by atoms with Crippen LogP contribution < -0.4 is 23.7 Å². The minimum Gasteiger partial charge on any atom is -0.497 e. The molecule has 3 heterocycles. The van der Waals surface area contributed by atoms with Gasteiger partial charge in [0.1, 0.15) is 22.8 Å². The number of likely N-dealkylation sites (tertiary alicyclic amines) is 1. The van der Waals surface area contributed by atoms with E-state index in [-0.39, 0.29) is 6.61 Å². The predicted molar refractivity (Wildman–Crippen MR) is 216 cm³/mol. The van der Waals surface area contributed by atoms with Gasteiger partial charge in [0.25, 0.3) is 5.79 Å². The highest BCUT2D eigenvalue weighted by Gasteiger charge is 2.44. The van der Waals surface area contributed by atoms with E-state index in [4.69, 9.17) is 50.2 Å². The number of nitrogens with zero attached hydrogens (tertiary/aromatic N) is 1. The predicted octanol–water partition coefficient (Wildman–Crippen LogP) is 7.54. The van der Waals surface area contributed by atoms with E-state index >= 15 is 0 Å². The van der Waals surface area contributed by atoms with Crippen LogP contribution in [0.25, 0.3) is 11.6 Å². The number of benzene rings is 4. The van der Waals surface area contributed by atoms with Gasteiger partial charge in [0.05, 0.1) is 21.3 Å². The number of carbonyl (C=O) groups is 2. The summed E-state index contributed by atoms with van der Waals surface area (Å²) in [5.41, 5.74) is 4.02.